The van der Waals surface area contributed by atoms with E-state index in [0.29, 0.717) is 0 Å². The number of carboxylic acid groups (broad SMARTS) is 1. The van der Waals surface area contributed by atoms with Gasteiger partial charge < -0.3 is 5.11 Å². The summed E-state index contributed by atoms with van der Waals surface area (Å²) in [4.78, 5) is 19.1. The minimum absolute atomic E-state index is 1.19. The third kappa shape index (κ3) is 0.818. The summed E-state index contributed by atoms with van der Waals surface area (Å²) in [6.07, 6.45) is 0. The molecule has 0 atom stereocenters. The number of hydrogen-bond donors (Lipinski definition) is 1. The fourth-order valence-electron chi connectivity index (χ4n) is 0.421. The number of rotatable bonds is 2. The third-order valence-electron chi connectivity index (χ3n) is 0.950. The Kier molecular flexibility index (Phi) is 1.33. The summed E-state index contributed by atoms with van der Waals surface area (Å²) >= 11 is 0. The van der Waals surface area contributed by atoms with Gasteiger partial charge in [0.1, 0.15) is 0 Å². The molecule has 11 heavy (non-hydrogen) atoms. The molecule has 1 aliphatic rings. The van der Waals surface area contributed by atoms with Gasteiger partial charge in [-0.15, -0.1) is 0 Å². The van der Waals surface area contributed by atoms with Crippen LogP contribution in [0.4, 0.5) is 0 Å². The van der Waals surface area contributed by atoms with Gasteiger partial charge in [-0.1, -0.05) is 10.2 Å². The topological polar surface area (TPSA) is 130 Å². The molecule has 1 N–H and O–H groups in total. The Labute approximate surface area is 58.6 Å². The number of hydrogen-bond acceptors (Lipinski definition) is 7. The lowest BCUT2D eigenvalue weighted by atomic mass is 10.4. The van der Waals surface area contributed by atoms with Crippen molar-refractivity contribution in [3.63, 3.8) is 0 Å². The quantitative estimate of drug-likeness (QED) is 0.442. The van der Waals surface area contributed by atoms with Crippen LogP contribution in [-0.4, -0.2) is 21.8 Å². The zero-order valence-corrected chi connectivity index (χ0v) is 4.91. The van der Waals surface area contributed by atoms with Crippen molar-refractivity contribution in [3.05, 3.63) is 10.1 Å². The Morgan fingerprint density at radius 1 is 1.45 bits per heavy atom. The van der Waals surface area contributed by atoms with Crippen molar-refractivity contribution in [3.8, 4) is 0 Å². The molecule has 0 aromatic heterocycles. The van der Waals surface area contributed by atoms with Gasteiger partial charge in [0.25, 0.3) is 0 Å². The molecule has 58 valence electrons. The van der Waals surface area contributed by atoms with Crippen LogP contribution in [0.25, 0.3) is 0 Å². The van der Waals surface area contributed by atoms with Crippen LogP contribution in [0, 0.1) is 10.1 Å². The molecule has 1 aliphatic heterocycles. The molecule has 0 bridgehead atoms. The van der Waals surface area contributed by atoms with E-state index in [4.69, 9.17) is 5.11 Å². The molecule has 0 spiro atoms. The summed E-state index contributed by atoms with van der Waals surface area (Å²) in [5, 5.41) is 29.4. The minimum Gasteiger partial charge on any atom is -0.473 e. The van der Waals surface area contributed by atoms with E-state index in [-0.39, 0.29) is 0 Å². The Bertz CT molecular complexity index is 240. The van der Waals surface area contributed by atoms with Crippen molar-refractivity contribution in [2.75, 3.05) is 0 Å². The number of carboxylic acids is 1. The van der Waals surface area contributed by atoms with E-state index in [0.717, 1.165) is 0 Å². The average Bonchev–Trinajstić information content (AvgIpc) is 2.34. The molecule has 0 saturated heterocycles. The average molecular weight is 159 g/mol. The predicted octanol–water partition coefficient (Wildman–Crippen LogP) is -0.165. The van der Waals surface area contributed by atoms with Crippen LogP contribution >= 0.6 is 0 Å². The summed E-state index contributed by atoms with van der Waals surface area (Å²) in [5.41, 5.74) is 0. The summed E-state index contributed by atoms with van der Waals surface area (Å²) in [7, 11) is 0. The molecular formula is C2HN5O4. The van der Waals surface area contributed by atoms with E-state index in [9.17, 15) is 14.9 Å². The normalized spacial score (nSPS) is 18.5. The first-order valence-corrected chi connectivity index (χ1v) is 2.31. The Hall–Kier alpha value is -1.93. The van der Waals surface area contributed by atoms with Gasteiger partial charge in [-0.2, -0.15) is 0 Å². The standard InChI is InChI=1S/C2HN5O4/c8-1(9)2(7(10)11)3-5-6-4-2/h(H,8,9). The zero-order valence-electron chi connectivity index (χ0n) is 4.91. The van der Waals surface area contributed by atoms with E-state index in [1.807, 2.05) is 0 Å². The first kappa shape index (κ1) is 7.18. The van der Waals surface area contributed by atoms with Crippen LogP contribution < -0.4 is 0 Å². The summed E-state index contributed by atoms with van der Waals surface area (Å²) in [5.74, 6) is -4.56. The number of nitro groups is 1. The van der Waals surface area contributed by atoms with Crippen LogP contribution in [0.3, 0.4) is 0 Å². The van der Waals surface area contributed by atoms with Crippen LogP contribution in [-0.2, 0) is 4.79 Å². The van der Waals surface area contributed by atoms with Gasteiger partial charge in [0.05, 0.1) is 4.92 Å². The zero-order chi connectivity index (χ0) is 8.48. The lowest BCUT2D eigenvalue weighted by Crippen LogP contribution is -2.41. The number of carbonyl (C=O) groups is 1. The smallest absolute Gasteiger partial charge is 0.473 e. The minimum atomic E-state index is -2.75. The molecule has 0 unspecified atom stereocenters. The molecule has 0 radical (unpaired) electrons. The van der Waals surface area contributed by atoms with Crippen molar-refractivity contribution in [2.45, 2.75) is 5.79 Å². The molecule has 0 aliphatic carbocycles. The summed E-state index contributed by atoms with van der Waals surface area (Å²) in [6.45, 7) is 0. The van der Waals surface area contributed by atoms with E-state index in [1.165, 1.54) is 0 Å². The highest BCUT2D eigenvalue weighted by atomic mass is 16.6. The summed E-state index contributed by atoms with van der Waals surface area (Å²) < 4.78 is 0. The molecule has 0 aromatic carbocycles. The first-order valence-electron chi connectivity index (χ1n) is 2.31. The molecule has 1 rings (SSSR count). The maximum Gasteiger partial charge on any atom is 0.545 e. The van der Waals surface area contributed by atoms with Crippen molar-refractivity contribution < 1.29 is 14.8 Å². The molecule has 0 amide bonds. The fourth-order valence-corrected chi connectivity index (χ4v) is 0.421. The monoisotopic (exact) mass is 159 g/mol. The number of nitrogens with zero attached hydrogens (tertiary/aromatic N) is 5. The van der Waals surface area contributed by atoms with Crippen LogP contribution in [0.1, 0.15) is 0 Å². The number of aliphatic carboxylic acids is 1. The van der Waals surface area contributed by atoms with Gasteiger partial charge in [0.15, 0.2) is 0 Å². The maximum atomic E-state index is 10.2. The second-order valence-electron chi connectivity index (χ2n) is 1.58. The lowest BCUT2D eigenvalue weighted by Gasteiger charge is -2.02. The van der Waals surface area contributed by atoms with Crippen LogP contribution in [0.5, 0.6) is 0 Å². The Morgan fingerprint density at radius 3 is 2.09 bits per heavy atom. The third-order valence-corrected chi connectivity index (χ3v) is 0.950. The SMILES string of the molecule is O=C(O)C1([N+](=O)[O-])N=NN=N1. The van der Waals surface area contributed by atoms with Gasteiger partial charge >= 0.3 is 11.8 Å². The second kappa shape index (κ2) is 2.04. The van der Waals surface area contributed by atoms with E-state index in [2.05, 4.69) is 20.7 Å². The van der Waals surface area contributed by atoms with Crippen LogP contribution in [0.2, 0.25) is 0 Å². The predicted molar refractivity (Wildman–Crippen MR) is 27.1 cm³/mol. The Morgan fingerprint density at radius 2 is 1.91 bits per heavy atom. The molecule has 9 nitrogen and oxygen atoms in total. The molecule has 0 fully saturated rings. The van der Waals surface area contributed by atoms with Crippen molar-refractivity contribution in [1.29, 1.82) is 0 Å². The van der Waals surface area contributed by atoms with Gasteiger partial charge in [0.2, 0.25) is 0 Å². The highest BCUT2D eigenvalue weighted by Crippen LogP contribution is 2.20. The maximum absolute atomic E-state index is 10.2. The van der Waals surface area contributed by atoms with Crippen molar-refractivity contribution in [2.24, 2.45) is 20.7 Å². The van der Waals surface area contributed by atoms with E-state index >= 15 is 0 Å². The van der Waals surface area contributed by atoms with Crippen molar-refractivity contribution >= 4 is 5.97 Å². The van der Waals surface area contributed by atoms with Gasteiger partial charge in [0, 0.05) is 0 Å². The van der Waals surface area contributed by atoms with Gasteiger partial charge in [-0.3, -0.25) is 10.1 Å². The first-order chi connectivity index (χ1) is 5.09. The van der Waals surface area contributed by atoms with Gasteiger partial charge in [-0.05, 0) is 10.4 Å². The molecular weight excluding hydrogens is 158 g/mol. The largest absolute Gasteiger partial charge is 0.545 e. The lowest BCUT2D eigenvalue weighted by molar-refractivity contribution is -0.551. The van der Waals surface area contributed by atoms with E-state index < -0.39 is 16.7 Å². The summed E-state index contributed by atoms with van der Waals surface area (Å²) in [6, 6.07) is 0. The molecule has 1 heterocycles. The fraction of sp³-hybridized carbons (Fsp3) is 0.500. The van der Waals surface area contributed by atoms with Gasteiger partial charge in [-0.25, -0.2) is 4.79 Å². The molecule has 0 aromatic rings. The van der Waals surface area contributed by atoms with Crippen molar-refractivity contribution in [1.82, 2.24) is 0 Å². The second-order valence-corrected chi connectivity index (χ2v) is 1.58. The Balaban J connectivity index is 3.09. The highest BCUT2D eigenvalue weighted by molar-refractivity contribution is 5.76. The van der Waals surface area contributed by atoms with Crippen LogP contribution in [0.15, 0.2) is 20.7 Å². The molecule has 9 heteroatoms. The molecule has 0 saturated carbocycles. The highest BCUT2D eigenvalue weighted by Gasteiger charge is 2.56. The van der Waals surface area contributed by atoms with E-state index in [1.54, 1.807) is 0 Å².